The number of aryl methyl sites for hydroxylation is 1. The molecule has 0 spiro atoms. The normalized spacial score (nSPS) is 12.6. The fourth-order valence-corrected chi connectivity index (χ4v) is 6.13. The zero-order valence-corrected chi connectivity index (χ0v) is 26.0. The van der Waals surface area contributed by atoms with Crippen LogP contribution in [0.5, 0.6) is 0 Å². The Morgan fingerprint density at radius 3 is 2.11 bits per heavy atom. The molecule has 5 aromatic rings. The van der Waals surface area contributed by atoms with Gasteiger partial charge in [-0.05, 0) is 83.6 Å². The Bertz CT molecular complexity index is 1860. The topological polar surface area (TPSA) is 78.5 Å². The van der Waals surface area contributed by atoms with E-state index in [4.69, 9.17) is 0 Å². The summed E-state index contributed by atoms with van der Waals surface area (Å²) in [5, 5.41) is 5.70. The molecule has 0 atom stereocenters. The van der Waals surface area contributed by atoms with Crippen molar-refractivity contribution in [1.82, 2.24) is 5.32 Å². The third-order valence-corrected chi connectivity index (χ3v) is 8.74. The number of anilines is 2. The Morgan fingerprint density at radius 1 is 0.717 bits per heavy atom. The molecular weight excluding hydrogens is 591 g/mol. The predicted molar refractivity (Wildman–Crippen MR) is 187 cm³/mol. The largest absolute Gasteiger partial charge is 0.321 e. The van der Waals surface area contributed by atoms with E-state index in [1.165, 1.54) is 17.3 Å². The highest BCUT2D eigenvalue weighted by Crippen LogP contribution is 2.29. The van der Waals surface area contributed by atoms with Crippen molar-refractivity contribution in [1.29, 1.82) is 0 Å². The lowest BCUT2D eigenvalue weighted by atomic mass is 10.0. The van der Waals surface area contributed by atoms with Gasteiger partial charge in [0, 0.05) is 28.4 Å². The maximum absolute atomic E-state index is 13.5. The van der Waals surface area contributed by atoms with Crippen LogP contribution in [0.3, 0.4) is 0 Å². The van der Waals surface area contributed by atoms with Crippen molar-refractivity contribution in [3.8, 4) is 11.1 Å². The van der Waals surface area contributed by atoms with E-state index in [0.717, 1.165) is 46.7 Å². The summed E-state index contributed by atoms with van der Waals surface area (Å²) in [6.07, 6.45) is 3.62. The molecule has 6 nitrogen and oxygen atoms in total. The molecule has 0 aliphatic carbocycles. The maximum Gasteiger partial charge on any atom is 0.272 e. The summed E-state index contributed by atoms with van der Waals surface area (Å²) in [4.78, 5) is 42.4. The molecule has 0 unspecified atom stereocenters. The highest BCUT2D eigenvalue weighted by Gasteiger charge is 2.22. The minimum atomic E-state index is -0.448. The van der Waals surface area contributed by atoms with Crippen LogP contribution in [-0.4, -0.2) is 30.0 Å². The summed E-state index contributed by atoms with van der Waals surface area (Å²) in [7, 11) is 0. The fraction of sp³-hybridized carbons (Fsp3) is 0.103. The Kier molecular flexibility index (Phi) is 9.71. The number of hydrogen-bond donors (Lipinski definition) is 2. The van der Waals surface area contributed by atoms with Crippen LogP contribution in [0.25, 0.3) is 17.2 Å². The summed E-state index contributed by atoms with van der Waals surface area (Å²) in [5.41, 5.74) is 6.28. The first-order chi connectivity index (χ1) is 22.5. The first kappa shape index (κ1) is 30.6. The summed E-state index contributed by atoms with van der Waals surface area (Å²) < 4.78 is 0. The van der Waals surface area contributed by atoms with Gasteiger partial charge in [-0.25, -0.2) is 0 Å². The van der Waals surface area contributed by atoms with Gasteiger partial charge in [-0.15, -0.1) is 11.8 Å². The number of hydrogen-bond acceptors (Lipinski definition) is 4. The molecule has 0 saturated heterocycles. The van der Waals surface area contributed by atoms with E-state index < -0.39 is 5.91 Å². The lowest BCUT2D eigenvalue weighted by molar-refractivity contribution is -0.116. The molecule has 0 aromatic heterocycles. The lowest BCUT2D eigenvalue weighted by Gasteiger charge is -2.29. The molecular formula is C39H33N3O3S. The summed E-state index contributed by atoms with van der Waals surface area (Å²) in [6, 6.07) is 42.1. The van der Waals surface area contributed by atoms with E-state index >= 15 is 0 Å². The van der Waals surface area contributed by atoms with Crippen LogP contribution >= 0.6 is 11.8 Å². The van der Waals surface area contributed by atoms with Gasteiger partial charge >= 0.3 is 0 Å². The van der Waals surface area contributed by atoms with E-state index in [0.29, 0.717) is 17.0 Å². The van der Waals surface area contributed by atoms with Gasteiger partial charge in [0.25, 0.3) is 11.8 Å². The number of benzene rings is 5. The van der Waals surface area contributed by atoms with Crippen molar-refractivity contribution in [3.05, 3.63) is 156 Å². The van der Waals surface area contributed by atoms with Crippen LogP contribution in [0.4, 0.5) is 11.4 Å². The summed E-state index contributed by atoms with van der Waals surface area (Å²) in [5.74, 6) is -0.428. The predicted octanol–water partition coefficient (Wildman–Crippen LogP) is 7.83. The van der Waals surface area contributed by atoms with Gasteiger partial charge < -0.3 is 15.5 Å². The Balaban J connectivity index is 1.13. The zero-order chi connectivity index (χ0) is 31.7. The first-order valence-corrected chi connectivity index (χ1v) is 16.2. The molecule has 0 radical (unpaired) electrons. The molecule has 1 aliphatic rings. The molecule has 0 saturated carbocycles. The van der Waals surface area contributed by atoms with E-state index in [1.54, 1.807) is 42.5 Å². The van der Waals surface area contributed by atoms with Gasteiger partial charge in [0.15, 0.2) is 0 Å². The minimum Gasteiger partial charge on any atom is -0.321 e. The van der Waals surface area contributed by atoms with Gasteiger partial charge in [0.05, 0.1) is 5.75 Å². The lowest BCUT2D eigenvalue weighted by Crippen LogP contribution is -2.36. The molecule has 7 heteroatoms. The van der Waals surface area contributed by atoms with E-state index in [1.807, 2.05) is 95.9 Å². The van der Waals surface area contributed by atoms with Crippen molar-refractivity contribution in [2.45, 2.75) is 17.7 Å². The molecule has 5 aromatic carbocycles. The SMILES string of the molecule is O=C(Nc1ccc(SCC(=O)N2CCCc3ccccc32)cc1)/C(=C/c1ccc(-c2ccccc2)cc1)NC(=O)c1ccccc1. The zero-order valence-electron chi connectivity index (χ0n) is 25.2. The van der Waals surface area contributed by atoms with Crippen LogP contribution in [0.15, 0.2) is 144 Å². The second kappa shape index (κ2) is 14.6. The number of nitrogens with one attached hydrogen (secondary N) is 2. The average molecular weight is 624 g/mol. The maximum atomic E-state index is 13.5. The van der Waals surface area contributed by atoms with Gasteiger partial charge in [0.2, 0.25) is 5.91 Å². The third-order valence-electron chi connectivity index (χ3n) is 7.74. The number of nitrogens with zero attached hydrogens (tertiary/aromatic N) is 1. The van der Waals surface area contributed by atoms with Crippen molar-refractivity contribution in [2.75, 3.05) is 22.5 Å². The smallest absolute Gasteiger partial charge is 0.272 e. The number of fused-ring (bicyclic) bond motifs is 1. The van der Waals surface area contributed by atoms with Crippen LogP contribution in [-0.2, 0) is 16.0 Å². The monoisotopic (exact) mass is 623 g/mol. The molecule has 1 aliphatic heterocycles. The van der Waals surface area contributed by atoms with Crippen LogP contribution in [0.2, 0.25) is 0 Å². The fourth-order valence-electron chi connectivity index (χ4n) is 5.36. The van der Waals surface area contributed by atoms with Gasteiger partial charge in [-0.2, -0.15) is 0 Å². The minimum absolute atomic E-state index is 0.0790. The highest BCUT2D eigenvalue weighted by atomic mass is 32.2. The highest BCUT2D eigenvalue weighted by molar-refractivity contribution is 8.00. The molecule has 2 N–H and O–H groups in total. The van der Waals surface area contributed by atoms with Crippen molar-refractivity contribution in [3.63, 3.8) is 0 Å². The summed E-state index contributed by atoms with van der Waals surface area (Å²) in [6.45, 7) is 0.731. The molecule has 1 heterocycles. The van der Waals surface area contributed by atoms with Gasteiger partial charge in [0.1, 0.15) is 5.70 Å². The van der Waals surface area contributed by atoms with E-state index in [-0.39, 0.29) is 17.5 Å². The number of carbonyl (C=O) groups excluding carboxylic acids is 3. The van der Waals surface area contributed by atoms with Crippen LogP contribution in [0.1, 0.15) is 27.9 Å². The van der Waals surface area contributed by atoms with E-state index in [9.17, 15) is 14.4 Å². The number of thioether (sulfide) groups is 1. The number of para-hydroxylation sites is 1. The Labute approximate surface area is 273 Å². The van der Waals surface area contributed by atoms with Crippen LogP contribution < -0.4 is 15.5 Å². The van der Waals surface area contributed by atoms with E-state index in [2.05, 4.69) is 16.7 Å². The van der Waals surface area contributed by atoms with Gasteiger partial charge in [-0.3, -0.25) is 14.4 Å². The molecule has 0 fully saturated rings. The second-order valence-corrected chi connectivity index (χ2v) is 12.0. The summed E-state index contributed by atoms with van der Waals surface area (Å²) >= 11 is 1.47. The van der Waals surface area contributed by atoms with Crippen molar-refractivity contribution < 1.29 is 14.4 Å². The van der Waals surface area contributed by atoms with Crippen LogP contribution in [0, 0.1) is 0 Å². The average Bonchev–Trinajstić information content (AvgIpc) is 3.11. The van der Waals surface area contributed by atoms with Crippen molar-refractivity contribution in [2.24, 2.45) is 0 Å². The van der Waals surface area contributed by atoms with Gasteiger partial charge in [-0.1, -0.05) is 91.0 Å². The molecule has 3 amide bonds. The number of amides is 3. The molecule has 228 valence electrons. The third kappa shape index (κ3) is 7.62. The quantitative estimate of drug-likeness (QED) is 0.130. The molecule has 46 heavy (non-hydrogen) atoms. The standard InChI is InChI=1S/C39H33N3O3S/c43-37(42-25-9-15-31-12-7-8-16-36(31)42)27-46-34-23-21-33(22-24-34)40-39(45)35(41-38(44)32-13-5-2-6-14-32)26-28-17-19-30(20-18-28)29-10-3-1-4-11-29/h1-8,10-14,16-24,26H,9,15,25,27H2,(H,40,45)(H,41,44)/b35-26-. The Morgan fingerprint density at radius 2 is 1.37 bits per heavy atom. The first-order valence-electron chi connectivity index (χ1n) is 15.2. The number of carbonyl (C=O) groups is 3. The molecule has 6 rings (SSSR count). The number of rotatable bonds is 9. The molecule has 0 bridgehead atoms. The van der Waals surface area contributed by atoms with Crippen molar-refractivity contribution >= 4 is 46.9 Å². The Hall–Kier alpha value is -5.40. The second-order valence-electron chi connectivity index (χ2n) is 10.9.